The fourth-order valence-electron chi connectivity index (χ4n) is 4.51. The molecule has 3 unspecified atom stereocenters. The van der Waals surface area contributed by atoms with Crippen LogP contribution in [0.4, 0.5) is 0 Å². The van der Waals surface area contributed by atoms with Crippen LogP contribution in [0.2, 0.25) is 0 Å². The lowest BCUT2D eigenvalue weighted by Crippen LogP contribution is -2.14. The molecule has 162 valence electrons. The van der Waals surface area contributed by atoms with Crippen LogP contribution < -0.4 is 0 Å². The highest BCUT2D eigenvalue weighted by atomic mass is 32.1. The Morgan fingerprint density at radius 3 is 2.57 bits per heavy atom. The Balaban J connectivity index is 1.56. The number of hydrogen-bond acceptors (Lipinski definition) is 4. The van der Waals surface area contributed by atoms with Gasteiger partial charge in [0, 0.05) is 17.2 Å². The highest BCUT2D eigenvalue weighted by Gasteiger charge is 2.35. The topological polar surface area (TPSA) is 74.6 Å². The zero-order valence-corrected chi connectivity index (χ0v) is 18.5. The molecule has 0 radical (unpaired) electrons. The van der Waals surface area contributed by atoms with Crippen LogP contribution in [0.15, 0.2) is 36.4 Å². The Labute approximate surface area is 183 Å². The first-order valence-corrected chi connectivity index (χ1v) is 11.9. The van der Waals surface area contributed by atoms with Gasteiger partial charge in [0.05, 0.1) is 6.10 Å². The third kappa shape index (κ3) is 5.79. The molecule has 4 nitrogen and oxygen atoms in total. The summed E-state index contributed by atoms with van der Waals surface area (Å²) in [6.07, 6.45) is 7.79. The molecular formula is C25H32O4S. The molecule has 0 bridgehead atoms. The predicted octanol–water partition coefficient (Wildman–Crippen LogP) is 6.15. The molecule has 2 aromatic rings. The quantitative estimate of drug-likeness (QED) is 0.421. The van der Waals surface area contributed by atoms with Gasteiger partial charge in [-0.3, -0.25) is 4.79 Å². The molecule has 1 aliphatic carbocycles. The van der Waals surface area contributed by atoms with Crippen molar-refractivity contribution in [1.29, 1.82) is 0 Å². The standard InChI is InChI=1S/C25H32O4S/c1-2-3-4-8-22(26)18-11-9-17(10-12-18)20-14-15-23(27)21(20)7-5-6-19-13-16-24(30-19)25(28)29/h9-13,16,20-22,26H,2-8,14-15H2,1H3,(H,28,29). The van der Waals surface area contributed by atoms with Crippen LogP contribution in [-0.2, 0) is 11.2 Å². The van der Waals surface area contributed by atoms with Crippen LogP contribution in [0.5, 0.6) is 0 Å². The zero-order chi connectivity index (χ0) is 21.5. The van der Waals surface area contributed by atoms with Crippen molar-refractivity contribution < 1.29 is 19.8 Å². The predicted molar refractivity (Wildman–Crippen MR) is 120 cm³/mol. The summed E-state index contributed by atoms with van der Waals surface area (Å²) in [6.45, 7) is 2.16. The zero-order valence-electron chi connectivity index (χ0n) is 17.7. The molecule has 3 atom stereocenters. The van der Waals surface area contributed by atoms with Crippen LogP contribution in [0.25, 0.3) is 0 Å². The number of carbonyl (C=O) groups excluding carboxylic acids is 1. The van der Waals surface area contributed by atoms with E-state index in [1.807, 2.05) is 18.2 Å². The summed E-state index contributed by atoms with van der Waals surface area (Å²) in [6, 6.07) is 11.8. The van der Waals surface area contributed by atoms with Gasteiger partial charge in [0.1, 0.15) is 10.7 Å². The van der Waals surface area contributed by atoms with Crippen molar-refractivity contribution in [3.8, 4) is 0 Å². The SMILES string of the molecule is CCCCCC(O)c1ccc(C2CCC(=O)C2CCCc2ccc(C(=O)O)s2)cc1. The number of carboxylic acids is 1. The molecule has 0 amide bonds. The summed E-state index contributed by atoms with van der Waals surface area (Å²) in [5, 5.41) is 19.4. The fraction of sp³-hybridized carbons (Fsp3) is 0.520. The van der Waals surface area contributed by atoms with Crippen molar-refractivity contribution in [2.75, 3.05) is 0 Å². The number of carbonyl (C=O) groups is 2. The van der Waals surface area contributed by atoms with Crippen LogP contribution in [-0.4, -0.2) is 22.0 Å². The van der Waals surface area contributed by atoms with Gasteiger partial charge in [0.15, 0.2) is 0 Å². The normalized spacial score (nSPS) is 19.9. The highest BCUT2D eigenvalue weighted by molar-refractivity contribution is 7.13. The molecule has 1 fully saturated rings. The maximum atomic E-state index is 12.5. The Bertz CT molecular complexity index is 839. The van der Waals surface area contributed by atoms with E-state index in [2.05, 4.69) is 19.1 Å². The smallest absolute Gasteiger partial charge is 0.345 e. The fourth-order valence-corrected chi connectivity index (χ4v) is 5.40. The van der Waals surface area contributed by atoms with Crippen LogP contribution >= 0.6 is 11.3 Å². The largest absolute Gasteiger partial charge is 0.477 e. The van der Waals surface area contributed by atoms with E-state index in [1.54, 1.807) is 6.07 Å². The molecule has 0 saturated heterocycles. The molecule has 5 heteroatoms. The Morgan fingerprint density at radius 2 is 1.90 bits per heavy atom. The molecule has 3 rings (SSSR count). The molecule has 0 spiro atoms. The number of hydrogen-bond donors (Lipinski definition) is 2. The second kappa shape index (κ2) is 10.9. The summed E-state index contributed by atoms with van der Waals surface area (Å²) >= 11 is 1.32. The number of ketones is 1. The lowest BCUT2D eigenvalue weighted by molar-refractivity contribution is -0.121. The summed E-state index contributed by atoms with van der Waals surface area (Å²) < 4.78 is 0. The third-order valence-electron chi connectivity index (χ3n) is 6.24. The maximum absolute atomic E-state index is 12.5. The number of aromatic carboxylic acids is 1. The monoisotopic (exact) mass is 428 g/mol. The van der Waals surface area contributed by atoms with E-state index in [-0.39, 0.29) is 11.8 Å². The van der Waals surface area contributed by atoms with Gasteiger partial charge in [0.2, 0.25) is 0 Å². The van der Waals surface area contributed by atoms with Gasteiger partial charge < -0.3 is 10.2 Å². The molecule has 1 saturated carbocycles. The van der Waals surface area contributed by atoms with E-state index in [0.717, 1.165) is 61.8 Å². The van der Waals surface area contributed by atoms with E-state index in [0.29, 0.717) is 17.1 Å². The number of carboxylic acid groups (broad SMARTS) is 1. The first-order valence-electron chi connectivity index (χ1n) is 11.1. The van der Waals surface area contributed by atoms with Gasteiger partial charge >= 0.3 is 5.97 Å². The van der Waals surface area contributed by atoms with Gasteiger partial charge in [0.25, 0.3) is 0 Å². The number of rotatable bonds is 11. The van der Waals surface area contributed by atoms with Crippen molar-refractivity contribution in [2.24, 2.45) is 5.92 Å². The second-order valence-corrected chi connectivity index (χ2v) is 9.53. The summed E-state index contributed by atoms with van der Waals surface area (Å²) in [4.78, 5) is 25.0. The van der Waals surface area contributed by atoms with Crippen molar-refractivity contribution in [3.05, 3.63) is 57.3 Å². The van der Waals surface area contributed by atoms with Gasteiger partial charge in [-0.2, -0.15) is 0 Å². The van der Waals surface area contributed by atoms with Gasteiger partial charge in [-0.1, -0.05) is 50.5 Å². The molecular weight excluding hydrogens is 396 g/mol. The molecule has 1 aromatic carbocycles. The highest BCUT2D eigenvalue weighted by Crippen LogP contribution is 2.40. The Morgan fingerprint density at radius 1 is 1.13 bits per heavy atom. The molecule has 2 N–H and O–H groups in total. The molecule has 0 aliphatic heterocycles. The van der Waals surface area contributed by atoms with E-state index in [1.165, 1.54) is 16.9 Å². The van der Waals surface area contributed by atoms with Crippen LogP contribution in [0.3, 0.4) is 0 Å². The second-order valence-electron chi connectivity index (χ2n) is 8.36. The van der Waals surface area contributed by atoms with Gasteiger partial charge in [-0.25, -0.2) is 4.79 Å². The van der Waals surface area contributed by atoms with Gasteiger partial charge in [-0.05, 0) is 61.3 Å². The Kier molecular flexibility index (Phi) is 8.23. The average molecular weight is 429 g/mol. The van der Waals surface area contributed by atoms with Crippen molar-refractivity contribution in [3.63, 3.8) is 0 Å². The third-order valence-corrected chi connectivity index (χ3v) is 7.38. The number of benzene rings is 1. The van der Waals surface area contributed by atoms with E-state index >= 15 is 0 Å². The number of aryl methyl sites for hydroxylation is 1. The number of aliphatic hydroxyl groups excluding tert-OH is 1. The number of Topliss-reactive ketones (excluding diaryl/α,β-unsaturated/α-hetero) is 1. The number of thiophene rings is 1. The van der Waals surface area contributed by atoms with Crippen LogP contribution in [0.1, 0.15) is 96.0 Å². The van der Waals surface area contributed by atoms with Crippen molar-refractivity contribution in [1.82, 2.24) is 0 Å². The summed E-state index contributed by atoms with van der Waals surface area (Å²) in [5.41, 5.74) is 2.15. The first-order chi connectivity index (χ1) is 14.5. The average Bonchev–Trinajstić information content (AvgIpc) is 3.36. The molecule has 1 aromatic heterocycles. The molecule has 1 heterocycles. The number of unbranched alkanes of at least 4 members (excludes halogenated alkanes) is 2. The van der Waals surface area contributed by atoms with E-state index in [9.17, 15) is 14.7 Å². The summed E-state index contributed by atoms with van der Waals surface area (Å²) in [5.74, 6) is -0.233. The van der Waals surface area contributed by atoms with Crippen molar-refractivity contribution >= 4 is 23.1 Å². The van der Waals surface area contributed by atoms with E-state index in [4.69, 9.17) is 5.11 Å². The minimum Gasteiger partial charge on any atom is -0.477 e. The maximum Gasteiger partial charge on any atom is 0.345 e. The lowest BCUT2D eigenvalue weighted by Gasteiger charge is -2.20. The van der Waals surface area contributed by atoms with Crippen molar-refractivity contribution in [2.45, 2.75) is 76.7 Å². The number of aliphatic hydroxyl groups is 1. The summed E-state index contributed by atoms with van der Waals surface area (Å²) in [7, 11) is 0. The van der Waals surface area contributed by atoms with Gasteiger partial charge in [-0.15, -0.1) is 11.3 Å². The molecule has 1 aliphatic rings. The minimum atomic E-state index is -0.879. The first kappa shape index (κ1) is 22.7. The van der Waals surface area contributed by atoms with E-state index < -0.39 is 12.1 Å². The minimum absolute atomic E-state index is 0.0456. The van der Waals surface area contributed by atoms with Crippen LogP contribution in [0, 0.1) is 5.92 Å². The Hall–Kier alpha value is -1.98. The molecule has 30 heavy (non-hydrogen) atoms. The lowest BCUT2D eigenvalue weighted by atomic mass is 9.84.